The molecule has 202 valence electrons. The zero-order valence-corrected chi connectivity index (χ0v) is 25.2. The Hall–Kier alpha value is -2.35. The maximum Gasteiger partial charge on any atom is 0.229 e. The number of fused-ring (bicyclic) bond motifs is 1. The quantitative estimate of drug-likeness (QED) is 0.320. The molecule has 1 heterocycles. The molecule has 0 radical (unpaired) electrons. The van der Waals surface area contributed by atoms with Crippen LogP contribution in [-0.4, -0.2) is 25.1 Å². The number of nitrogens with two attached hydrogens (primary N) is 1. The van der Waals surface area contributed by atoms with Gasteiger partial charge in [-0.1, -0.05) is 75.0 Å². The predicted octanol–water partition coefficient (Wildman–Crippen LogP) is 7.77. The third kappa shape index (κ3) is 8.32. The Morgan fingerprint density at radius 3 is 2.30 bits per heavy atom. The van der Waals surface area contributed by atoms with Crippen molar-refractivity contribution in [2.24, 2.45) is 5.73 Å². The summed E-state index contributed by atoms with van der Waals surface area (Å²) >= 11 is 3.27. The van der Waals surface area contributed by atoms with Gasteiger partial charge < -0.3 is 20.7 Å². The number of ether oxygens (including phenoxy) is 1. The topological polar surface area (TPSA) is 67.6 Å². The first-order valence-corrected chi connectivity index (χ1v) is 14.8. The lowest BCUT2D eigenvalue weighted by molar-refractivity contribution is -0.119. The number of allylic oxidation sites excluding steroid dienone is 2. The summed E-state index contributed by atoms with van der Waals surface area (Å²) in [6, 6.07) is 14.4. The molecule has 2 aromatic carbocycles. The van der Waals surface area contributed by atoms with Crippen LogP contribution in [0.4, 0.5) is 5.69 Å². The van der Waals surface area contributed by atoms with Crippen molar-refractivity contribution in [2.75, 3.05) is 18.6 Å². The highest BCUT2D eigenvalue weighted by atomic mass is 32.2. The van der Waals surface area contributed by atoms with E-state index >= 15 is 0 Å². The Bertz CT molecular complexity index is 1110. The fourth-order valence-electron chi connectivity index (χ4n) is 3.66. The number of hydrogen-bond donors (Lipinski definition) is 2. The maximum atomic E-state index is 13.1. The fraction of sp³-hybridized carbons (Fsp3) is 0.433. The lowest BCUT2D eigenvalue weighted by Gasteiger charge is -2.18. The number of thioether (sulfide) groups is 2. The first-order valence-electron chi connectivity index (χ1n) is 13.2. The second-order valence-corrected chi connectivity index (χ2v) is 10.8. The van der Waals surface area contributed by atoms with Gasteiger partial charge in [0.2, 0.25) is 5.91 Å². The predicted molar refractivity (Wildman–Crippen MR) is 163 cm³/mol. The molecule has 0 fully saturated rings. The molecule has 0 spiro atoms. The summed E-state index contributed by atoms with van der Waals surface area (Å²) in [6.07, 6.45) is 2.12. The van der Waals surface area contributed by atoms with E-state index in [0.717, 1.165) is 50.9 Å². The van der Waals surface area contributed by atoms with E-state index in [2.05, 4.69) is 62.2 Å². The maximum absolute atomic E-state index is 13.1. The molecule has 2 aromatic rings. The van der Waals surface area contributed by atoms with Crippen molar-refractivity contribution in [3.8, 4) is 5.75 Å². The van der Waals surface area contributed by atoms with Crippen LogP contribution in [0.2, 0.25) is 0 Å². The molecular formula is C30H43N3O2S2. The molecule has 0 saturated heterocycles. The molecule has 3 N–H and O–H groups in total. The zero-order valence-electron chi connectivity index (χ0n) is 23.6. The van der Waals surface area contributed by atoms with Crippen LogP contribution in [0, 0.1) is 0 Å². The highest BCUT2D eigenvalue weighted by molar-refractivity contribution is 8.11. The third-order valence-corrected chi connectivity index (χ3v) is 8.70. The van der Waals surface area contributed by atoms with Gasteiger partial charge in [-0.3, -0.25) is 4.79 Å². The Morgan fingerprint density at radius 2 is 1.70 bits per heavy atom. The van der Waals surface area contributed by atoms with Crippen LogP contribution >= 0.6 is 23.5 Å². The van der Waals surface area contributed by atoms with E-state index in [4.69, 9.17) is 10.5 Å². The number of amides is 1. The van der Waals surface area contributed by atoms with E-state index in [0.29, 0.717) is 13.0 Å². The Labute approximate surface area is 232 Å². The molecule has 1 aliphatic heterocycles. The number of nitrogens with one attached hydrogen (secondary N) is 1. The lowest BCUT2D eigenvalue weighted by atomic mass is 10.1. The minimum Gasteiger partial charge on any atom is -0.494 e. The summed E-state index contributed by atoms with van der Waals surface area (Å²) in [5.41, 5.74) is 11.7. The zero-order chi connectivity index (χ0) is 27.5. The number of hydrogen-bond acceptors (Lipinski definition) is 6. The van der Waals surface area contributed by atoms with E-state index in [1.165, 1.54) is 10.5 Å². The van der Waals surface area contributed by atoms with Crippen LogP contribution in [0.15, 0.2) is 63.5 Å². The van der Waals surface area contributed by atoms with E-state index in [9.17, 15) is 4.79 Å². The normalized spacial score (nSPS) is 15.7. The van der Waals surface area contributed by atoms with Gasteiger partial charge in [0.1, 0.15) is 11.2 Å². The van der Waals surface area contributed by atoms with Crippen molar-refractivity contribution in [2.45, 2.75) is 78.1 Å². The molecular weight excluding hydrogens is 498 g/mol. The molecule has 1 aliphatic rings. The molecule has 0 aliphatic carbocycles. The first kappa shape index (κ1) is 30.9. The summed E-state index contributed by atoms with van der Waals surface area (Å²) < 4.78 is 5.61. The van der Waals surface area contributed by atoms with Crippen molar-refractivity contribution < 1.29 is 9.53 Å². The van der Waals surface area contributed by atoms with Crippen LogP contribution in [0.5, 0.6) is 5.75 Å². The SMILES string of the molecule is CC.CCOc1ccc(C(SC(NC(=O)Cc2ccc3c(c2)SC(N)N3C)=C(C)CC)=C(C)CC)cc1. The van der Waals surface area contributed by atoms with Gasteiger partial charge in [-0.15, -0.1) is 0 Å². The molecule has 1 amide bonds. The Morgan fingerprint density at radius 1 is 1.05 bits per heavy atom. The summed E-state index contributed by atoms with van der Waals surface area (Å²) in [7, 11) is 1.99. The van der Waals surface area contributed by atoms with Crippen molar-refractivity contribution in [3.63, 3.8) is 0 Å². The first-order chi connectivity index (χ1) is 17.8. The fourth-order valence-corrected chi connectivity index (χ4v) is 6.00. The summed E-state index contributed by atoms with van der Waals surface area (Å²) in [6.45, 7) is 15.2. The highest BCUT2D eigenvalue weighted by Gasteiger charge is 2.24. The molecule has 0 saturated carbocycles. The van der Waals surface area contributed by atoms with Gasteiger partial charge in [0.05, 0.1) is 23.7 Å². The van der Waals surface area contributed by atoms with Crippen molar-refractivity contribution in [3.05, 3.63) is 69.8 Å². The highest BCUT2D eigenvalue weighted by Crippen LogP contribution is 2.41. The molecule has 1 atom stereocenters. The number of rotatable bonds is 10. The second-order valence-electron chi connectivity index (χ2n) is 8.63. The molecule has 0 aromatic heterocycles. The van der Waals surface area contributed by atoms with Crippen LogP contribution in [0.1, 0.15) is 72.4 Å². The molecule has 7 heteroatoms. The van der Waals surface area contributed by atoms with Gasteiger partial charge in [0.25, 0.3) is 0 Å². The minimum atomic E-state index is -0.0816. The van der Waals surface area contributed by atoms with Crippen LogP contribution in [0.25, 0.3) is 4.91 Å². The standard InChI is InChI=1S/C28H37N3O2S2.C2H6/c1-7-18(4)26(21-11-13-22(14-12-21)33-9-3)35-27(19(5)8-2)30-25(32)17-20-10-15-23-24(16-20)34-28(29)31(23)6;1-2/h10-16,28H,7-9,17,29H2,1-6H3,(H,30,32);1-2H3. The van der Waals surface area contributed by atoms with Crippen molar-refractivity contribution in [1.29, 1.82) is 0 Å². The summed E-state index contributed by atoms with van der Waals surface area (Å²) in [5, 5.41) is 4.12. The molecule has 3 rings (SSSR count). The van der Waals surface area contributed by atoms with E-state index in [1.807, 2.05) is 46.0 Å². The van der Waals surface area contributed by atoms with Gasteiger partial charge in [-0.05, 0) is 74.6 Å². The average Bonchev–Trinajstić information content (AvgIpc) is 3.19. The van der Waals surface area contributed by atoms with Crippen molar-refractivity contribution >= 4 is 40.0 Å². The molecule has 1 unspecified atom stereocenters. The molecule has 37 heavy (non-hydrogen) atoms. The van der Waals surface area contributed by atoms with E-state index in [-0.39, 0.29) is 11.4 Å². The van der Waals surface area contributed by atoms with Crippen LogP contribution in [-0.2, 0) is 11.2 Å². The number of anilines is 1. The van der Waals surface area contributed by atoms with Gasteiger partial charge in [0, 0.05) is 16.8 Å². The van der Waals surface area contributed by atoms with Gasteiger partial charge >= 0.3 is 0 Å². The van der Waals surface area contributed by atoms with Crippen LogP contribution in [0.3, 0.4) is 0 Å². The van der Waals surface area contributed by atoms with Gasteiger partial charge in [-0.2, -0.15) is 0 Å². The second kappa shape index (κ2) is 15.2. The smallest absolute Gasteiger partial charge is 0.229 e. The Balaban J connectivity index is 0.00000235. The van der Waals surface area contributed by atoms with Crippen LogP contribution < -0.4 is 20.7 Å². The Kier molecular flexibility index (Phi) is 12.6. The average molecular weight is 542 g/mol. The monoisotopic (exact) mass is 541 g/mol. The van der Waals surface area contributed by atoms with Crippen molar-refractivity contribution in [1.82, 2.24) is 5.32 Å². The van der Waals surface area contributed by atoms with E-state index < -0.39 is 0 Å². The summed E-state index contributed by atoms with van der Waals surface area (Å²) in [5.74, 6) is 0.851. The van der Waals surface area contributed by atoms with E-state index in [1.54, 1.807) is 23.5 Å². The number of carbonyl (C=O) groups is 1. The number of benzene rings is 2. The van der Waals surface area contributed by atoms with Gasteiger partial charge in [0.15, 0.2) is 0 Å². The molecule has 5 nitrogen and oxygen atoms in total. The lowest BCUT2D eigenvalue weighted by Crippen LogP contribution is -2.32. The third-order valence-electron chi connectivity index (χ3n) is 6.12. The minimum absolute atomic E-state index is 0.0129. The molecule has 0 bridgehead atoms. The number of carbonyl (C=O) groups excluding carboxylic acids is 1. The largest absolute Gasteiger partial charge is 0.494 e. The number of nitrogens with zero attached hydrogens (tertiary/aromatic N) is 1. The summed E-state index contributed by atoms with van der Waals surface area (Å²) in [4.78, 5) is 17.5. The van der Waals surface area contributed by atoms with Gasteiger partial charge in [-0.25, -0.2) is 0 Å².